The monoisotopic (exact) mass is 173 g/mol. The van der Waals surface area contributed by atoms with Crippen LogP contribution in [-0.2, 0) is 0 Å². The molecule has 54 valence electrons. The minimum absolute atomic E-state index is 0.704. The topological polar surface area (TPSA) is 12.9 Å². The third-order valence-corrected chi connectivity index (χ3v) is 2.29. The zero-order valence-corrected chi connectivity index (χ0v) is 7.46. The molecule has 0 aromatic carbocycles. The lowest BCUT2D eigenvalue weighted by Gasteiger charge is -1.99. The van der Waals surface area contributed by atoms with E-state index in [4.69, 9.17) is 11.6 Å². The van der Waals surface area contributed by atoms with Gasteiger partial charge < -0.3 is 0 Å². The highest BCUT2D eigenvalue weighted by Crippen LogP contribution is 2.20. The van der Waals surface area contributed by atoms with Gasteiger partial charge >= 0.3 is 0 Å². The Bertz CT molecular complexity index is 237. The number of nitrogens with zero attached hydrogens (tertiary/aromatic N) is 1. The van der Waals surface area contributed by atoms with E-state index >= 15 is 0 Å². The van der Waals surface area contributed by atoms with Crippen molar-refractivity contribution < 1.29 is 0 Å². The van der Waals surface area contributed by atoms with Crippen LogP contribution in [0, 0.1) is 6.92 Å². The molecule has 10 heavy (non-hydrogen) atoms. The summed E-state index contributed by atoms with van der Waals surface area (Å²) in [5.41, 5.74) is 1.04. The maximum absolute atomic E-state index is 5.72. The first-order valence-electron chi connectivity index (χ1n) is 2.90. The van der Waals surface area contributed by atoms with Crippen molar-refractivity contribution >= 4 is 23.4 Å². The molecular weight excluding hydrogens is 166 g/mol. The minimum Gasteiger partial charge on any atom is -0.259 e. The second-order valence-electron chi connectivity index (χ2n) is 1.94. The van der Waals surface area contributed by atoms with E-state index in [0.717, 1.165) is 10.6 Å². The highest BCUT2D eigenvalue weighted by molar-refractivity contribution is 7.98. The van der Waals surface area contributed by atoms with Crippen LogP contribution < -0.4 is 0 Å². The number of pyridine rings is 1. The summed E-state index contributed by atoms with van der Waals surface area (Å²) in [4.78, 5) is 5.24. The fraction of sp³-hybridized carbons (Fsp3) is 0.286. The first-order valence-corrected chi connectivity index (χ1v) is 4.50. The molecular formula is C7H8ClNS. The molecule has 1 aromatic rings. The van der Waals surface area contributed by atoms with E-state index in [-0.39, 0.29) is 0 Å². The lowest BCUT2D eigenvalue weighted by Crippen LogP contribution is -1.82. The van der Waals surface area contributed by atoms with Crippen molar-refractivity contribution in [3.8, 4) is 0 Å². The third kappa shape index (κ3) is 1.64. The first-order chi connectivity index (χ1) is 4.74. The Labute approximate surface area is 69.8 Å². The van der Waals surface area contributed by atoms with Gasteiger partial charge in [-0.05, 0) is 19.2 Å². The van der Waals surface area contributed by atoms with E-state index < -0.39 is 0 Å². The molecule has 0 aliphatic rings. The van der Waals surface area contributed by atoms with Crippen LogP contribution in [0.25, 0.3) is 0 Å². The zero-order chi connectivity index (χ0) is 7.56. The van der Waals surface area contributed by atoms with Crippen molar-refractivity contribution in [1.29, 1.82) is 0 Å². The normalized spacial score (nSPS) is 9.90. The summed E-state index contributed by atoms with van der Waals surface area (Å²) in [5.74, 6) is 0. The molecule has 0 atom stereocenters. The summed E-state index contributed by atoms with van der Waals surface area (Å²) < 4.78 is 0. The molecule has 0 amide bonds. The molecule has 1 rings (SSSR count). The Morgan fingerprint density at radius 2 is 2.30 bits per heavy atom. The van der Waals surface area contributed by atoms with Gasteiger partial charge in [0.1, 0.15) is 0 Å². The fourth-order valence-corrected chi connectivity index (χ4v) is 1.51. The minimum atomic E-state index is 0.704. The number of rotatable bonds is 1. The molecule has 0 radical (unpaired) electrons. The maximum Gasteiger partial charge on any atom is 0.0600 e. The average Bonchev–Trinajstić information content (AvgIpc) is 1.94. The molecule has 0 unspecified atom stereocenters. The van der Waals surface area contributed by atoms with E-state index in [2.05, 4.69) is 4.98 Å². The van der Waals surface area contributed by atoms with Crippen molar-refractivity contribution in [3.05, 3.63) is 23.0 Å². The van der Waals surface area contributed by atoms with Crippen LogP contribution in [0.4, 0.5) is 0 Å². The fourth-order valence-electron chi connectivity index (χ4n) is 0.696. The summed E-state index contributed by atoms with van der Waals surface area (Å²) in [6, 6.07) is 1.93. The van der Waals surface area contributed by atoms with Gasteiger partial charge in [-0.3, -0.25) is 4.98 Å². The number of hydrogen-bond donors (Lipinski definition) is 0. The number of hydrogen-bond acceptors (Lipinski definition) is 2. The van der Waals surface area contributed by atoms with Crippen LogP contribution in [0.2, 0.25) is 5.02 Å². The quantitative estimate of drug-likeness (QED) is 0.606. The number of aromatic nitrogens is 1. The number of thioether (sulfide) groups is 1. The zero-order valence-electron chi connectivity index (χ0n) is 5.89. The van der Waals surface area contributed by atoms with Crippen LogP contribution >= 0.6 is 23.4 Å². The van der Waals surface area contributed by atoms with E-state index in [0.29, 0.717) is 5.02 Å². The molecule has 0 spiro atoms. The molecule has 0 saturated heterocycles. The second-order valence-corrected chi connectivity index (χ2v) is 3.23. The van der Waals surface area contributed by atoms with Crippen LogP contribution in [0.15, 0.2) is 17.2 Å². The molecule has 1 heterocycles. The van der Waals surface area contributed by atoms with Gasteiger partial charge in [-0.1, -0.05) is 11.6 Å². The Kier molecular flexibility index (Phi) is 2.57. The molecule has 0 aliphatic carbocycles. The van der Waals surface area contributed by atoms with Crippen LogP contribution in [0.3, 0.4) is 0 Å². The lowest BCUT2D eigenvalue weighted by molar-refractivity contribution is 1.12. The van der Waals surface area contributed by atoms with Crippen molar-refractivity contribution in [2.75, 3.05) is 6.26 Å². The second kappa shape index (κ2) is 3.26. The van der Waals surface area contributed by atoms with Gasteiger partial charge in [-0.25, -0.2) is 0 Å². The van der Waals surface area contributed by atoms with E-state index in [1.54, 1.807) is 18.0 Å². The first kappa shape index (κ1) is 7.89. The van der Waals surface area contributed by atoms with E-state index in [9.17, 15) is 0 Å². The van der Waals surface area contributed by atoms with Gasteiger partial charge in [0.2, 0.25) is 0 Å². The highest BCUT2D eigenvalue weighted by atomic mass is 35.5. The van der Waals surface area contributed by atoms with E-state index in [1.807, 2.05) is 19.2 Å². The van der Waals surface area contributed by atoms with Crippen molar-refractivity contribution in [2.24, 2.45) is 0 Å². The van der Waals surface area contributed by atoms with Crippen LogP contribution in [0.5, 0.6) is 0 Å². The Hall–Kier alpha value is -0.210. The molecule has 0 bridgehead atoms. The van der Waals surface area contributed by atoms with Crippen LogP contribution in [0.1, 0.15) is 5.69 Å². The predicted molar refractivity (Wildman–Crippen MR) is 45.8 cm³/mol. The van der Waals surface area contributed by atoms with Crippen LogP contribution in [-0.4, -0.2) is 11.2 Å². The highest BCUT2D eigenvalue weighted by Gasteiger charge is 1.96. The van der Waals surface area contributed by atoms with Crippen molar-refractivity contribution in [1.82, 2.24) is 4.98 Å². The summed E-state index contributed by atoms with van der Waals surface area (Å²) in [7, 11) is 0. The number of halogens is 1. The Morgan fingerprint density at radius 3 is 2.80 bits per heavy atom. The Morgan fingerprint density at radius 1 is 1.60 bits per heavy atom. The smallest absolute Gasteiger partial charge is 0.0600 e. The SMILES string of the molecule is CSc1cc(Cl)cnc1C. The van der Waals surface area contributed by atoms with Gasteiger partial charge in [0.25, 0.3) is 0 Å². The molecule has 0 aliphatic heterocycles. The van der Waals surface area contributed by atoms with Gasteiger partial charge in [0, 0.05) is 11.1 Å². The molecule has 1 aromatic heterocycles. The molecule has 0 saturated carbocycles. The summed E-state index contributed by atoms with van der Waals surface area (Å²) in [6.07, 6.45) is 3.68. The van der Waals surface area contributed by atoms with Gasteiger partial charge in [-0.2, -0.15) is 0 Å². The van der Waals surface area contributed by atoms with Gasteiger partial charge in [-0.15, -0.1) is 11.8 Å². The molecule has 0 fully saturated rings. The molecule has 0 N–H and O–H groups in total. The van der Waals surface area contributed by atoms with Crippen molar-refractivity contribution in [3.63, 3.8) is 0 Å². The maximum atomic E-state index is 5.72. The molecule has 3 heteroatoms. The third-order valence-electron chi connectivity index (χ3n) is 1.23. The summed E-state index contributed by atoms with van der Waals surface area (Å²) >= 11 is 7.38. The Balaban J connectivity index is 3.09. The summed E-state index contributed by atoms with van der Waals surface area (Å²) in [6.45, 7) is 1.97. The average molecular weight is 174 g/mol. The predicted octanol–water partition coefficient (Wildman–Crippen LogP) is 2.77. The van der Waals surface area contributed by atoms with Crippen molar-refractivity contribution in [2.45, 2.75) is 11.8 Å². The molecule has 1 nitrogen and oxygen atoms in total. The lowest BCUT2D eigenvalue weighted by atomic mass is 10.4. The van der Waals surface area contributed by atoms with Gasteiger partial charge in [0.05, 0.1) is 10.7 Å². The van der Waals surface area contributed by atoms with Gasteiger partial charge in [0.15, 0.2) is 0 Å². The largest absolute Gasteiger partial charge is 0.259 e. The summed E-state index contributed by atoms with van der Waals surface area (Å²) in [5, 5.41) is 0.704. The van der Waals surface area contributed by atoms with E-state index in [1.165, 1.54) is 0 Å². The standard InChI is InChI=1S/C7H8ClNS/c1-5-7(10-2)3-6(8)4-9-5/h3-4H,1-2H3. The number of aryl methyl sites for hydroxylation is 1.